The zero-order chi connectivity index (χ0) is 10.1. The zero-order valence-electron chi connectivity index (χ0n) is 7.04. The Hall–Kier alpha value is -1.75. The smallest absolute Gasteiger partial charge is 0.302 e. The monoisotopic (exact) mass is 210 g/mol. The molecule has 5 nitrogen and oxygen atoms in total. The lowest BCUT2D eigenvalue weighted by Gasteiger charge is -1.93. The van der Waals surface area contributed by atoms with E-state index in [9.17, 15) is 0 Å². The molecule has 0 amide bonds. The summed E-state index contributed by atoms with van der Waals surface area (Å²) >= 11 is 5.76. The molecule has 0 unspecified atom stereocenters. The molecule has 2 aromatic rings. The molecule has 2 rings (SSSR count). The number of benzene rings is 1. The van der Waals surface area contributed by atoms with Crippen LogP contribution in [0.4, 0.5) is 6.01 Å². The van der Waals surface area contributed by atoms with Crippen molar-refractivity contribution in [1.82, 2.24) is 4.98 Å². The molecule has 0 aliphatic heterocycles. The second-order valence-electron chi connectivity index (χ2n) is 2.67. The van der Waals surface area contributed by atoms with Crippen molar-refractivity contribution in [3.8, 4) is 0 Å². The number of aromatic nitrogens is 1. The minimum atomic E-state index is -0.220. The Kier molecular flexibility index (Phi) is 2.01. The minimum Gasteiger partial charge on any atom is -0.423 e. The number of guanidine groups is 1. The number of nitrogens with one attached hydrogen (secondary N) is 2. The Balaban J connectivity index is 2.46. The predicted molar refractivity (Wildman–Crippen MR) is 54.6 cm³/mol. The maximum Gasteiger partial charge on any atom is 0.302 e. The van der Waals surface area contributed by atoms with Crippen LogP contribution in [0.5, 0.6) is 0 Å². The van der Waals surface area contributed by atoms with Crippen molar-refractivity contribution in [2.24, 2.45) is 5.73 Å². The van der Waals surface area contributed by atoms with Gasteiger partial charge in [-0.05, 0) is 18.2 Å². The number of nitrogens with two attached hydrogens (primary N) is 1. The molecule has 1 heterocycles. The summed E-state index contributed by atoms with van der Waals surface area (Å²) in [6.45, 7) is 0. The van der Waals surface area contributed by atoms with Gasteiger partial charge in [-0.3, -0.25) is 10.7 Å². The molecule has 4 N–H and O–H groups in total. The van der Waals surface area contributed by atoms with Gasteiger partial charge in [0.05, 0.1) is 0 Å². The van der Waals surface area contributed by atoms with E-state index in [1.54, 1.807) is 18.2 Å². The molecule has 0 atom stereocenters. The summed E-state index contributed by atoms with van der Waals surface area (Å²) in [5, 5.41) is 10.0. The number of hydrogen-bond donors (Lipinski definition) is 3. The average Bonchev–Trinajstić information content (AvgIpc) is 2.44. The summed E-state index contributed by atoms with van der Waals surface area (Å²) < 4.78 is 5.23. The van der Waals surface area contributed by atoms with E-state index in [-0.39, 0.29) is 12.0 Å². The Labute approximate surface area is 84.4 Å². The summed E-state index contributed by atoms with van der Waals surface area (Å²) in [4.78, 5) is 4.03. The fourth-order valence-corrected chi connectivity index (χ4v) is 1.24. The lowest BCUT2D eigenvalue weighted by Crippen LogP contribution is -2.20. The molecule has 0 fully saturated rings. The van der Waals surface area contributed by atoms with Gasteiger partial charge in [0.15, 0.2) is 11.5 Å². The summed E-state index contributed by atoms with van der Waals surface area (Å²) in [5.41, 5.74) is 6.34. The normalized spacial score (nSPS) is 10.4. The largest absolute Gasteiger partial charge is 0.423 e. The molecule has 1 aromatic carbocycles. The molecule has 0 spiro atoms. The van der Waals surface area contributed by atoms with Crippen LogP contribution in [0.1, 0.15) is 0 Å². The molecule has 0 saturated carbocycles. The number of fused-ring (bicyclic) bond motifs is 1. The Morgan fingerprint density at radius 1 is 1.57 bits per heavy atom. The molecular formula is C8H7ClN4O. The van der Waals surface area contributed by atoms with Gasteiger partial charge in [-0.15, -0.1) is 0 Å². The first kappa shape index (κ1) is 8.83. The number of hydrogen-bond acceptors (Lipinski definition) is 3. The first-order valence-electron chi connectivity index (χ1n) is 3.82. The zero-order valence-corrected chi connectivity index (χ0v) is 7.80. The van der Waals surface area contributed by atoms with Gasteiger partial charge in [-0.25, -0.2) is 0 Å². The fourth-order valence-electron chi connectivity index (χ4n) is 1.07. The van der Waals surface area contributed by atoms with Gasteiger partial charge in [0.2, 0.25) is 0 Å². The van der Waals surface area contributed by atoms with Gasteiger partial charge in [-0.2, -0.15) is 4.98 Å². The third-order valence-corrected chi connectivity index (χ3v) is 1.83. The van der Waals surface area contributed by atoms with Crippen LogP contribution in [0, 0.1) is 5.41 Å². The van der Waals surface area contributed by atoms with Crippen molar-refractivity contribution < 1.29 is 4.42 Å². The van der Waals surface area contributed by atoms with Crippen LogP contribution >= 0.6 is 11.6 Å². The van der Waals surface area contributed by atoms with E-state index >= 15 is 0 Å². The van der Waals surface area contributed by atoms with Crippen LogP contribution in [-0.2, 0) is 0 Å². The van der Waals surface area contributed by atoms with Gasteiger partial charge >= 0.3 is 6.01 Å². The fraction of sp³-hybridized carbons (Fsp3) is 0. The standard InChI is InChI=1S/C8H7ClN4O/c9-4-1-2-6-5(3-4)12-8(14-6)13-7(10)11/h1-3H,(H4,10,11,12,13). The van der Waals surface area contributed by atoms with Crippen molar-refractivity contribution in [2.75, 3.05) is 5.32 Å². The lowest BCUT2D eigenvalue weighted by molar-refractivity contribution is 0.624. The molecule has 0 aliphatic rings. The molecule has 0 radical (unpaired) electrons. The minimum absolute atomic E-state index is 0.190. The van der Waals surface area contributed by atoms with E-state index in [1.807, 2.05) is 0 Å². The number of oxazole rings is 1. The second-order valence-corrected chi connectivity index (χ2v) is 3.11. The highest BCUT2D eigenvalue weighted by atomic mass is 35.5. The summed E-state index contributed by atoms with van der Waals surface area (Å²) in [7, 11) is 0. The summed E-state index contributed by atoms with van der Waals surface area (Å²) in [6, 6.07) is 5.27. The molecule has 72 valence electrons. The highest BCUT2D eigenvalue weighted by molar-refractivity contribution is 6.31. The number of anilines is 1. The number of nitrogens with zero attached hydrogens (tertiary/aromatic N) is 1. The molecule has 0 aliphatic carbocycles. The van der Waals surface area contributed by atoms with Gasteiger partial charge in [-0.1, -0.05) is 11.6 Å². The van der Waals surface area contributed by atoms with Gasteiger partial charge < -0.3 is 10.2 Å². The third-order valence-electron chi connectivity index (χ3n) is 1.59. The molecular weight excluding hydrogens is 204 g/mol. The highest BCUT2D eigenvalue weighted by Crippen LogP contribution is 2.21. The van der Waals surface area contributed by atoms with E-state index in [0.29, 0.717) is 16.1 Å². The maximum atomic E-state index is 6.99. The molecule has 0 bridgehead atoms. The van der Waals surface area contributed by atoms with E-state index < -0.39 is 0 Å². The van der Waals surface area contributed by atoms with Crippen LogP contribution in [0.15, 0.2) is 22.6 Å². The number of rotatable bonds is 1. The van der Waals surface area contributed by atoms with Crippen LogP contribution in [0.2, 0.25) is 5.02 Å². The van der Waals surface area contributed by atoms with Crippen molar-refractivity contribution in [3.05, 3.63) is 23.2 Å². The second kappa shape index (κ2) is 3.19. The third kappa shape index (κ3) is 1.62. The topological polar surface area (TPSA) is 87.9 Å². The van der Waals surface area contributed by atoms with Gasteiger partial charge in [0.1, 0.15) is 5.52 Å². The molecule has 6 heteroatoms. The van der Waals surface area contributed by atoms with Crippen LogP contribution < -0.4 is 11.1 Å². The molecule has 14 heavy (non-hydrogen) atoms. The van der Waals surface area contributed by atoms with Crippen LogP contribution in [-0.4, -0.2) is 10.9 Å². The van der Waals surface area contributed by atoms with E-state index in [4.69, 9.17) is 27.2 Å². The Morgan fingerprint density at radius 3 is 3.07 bits per heavy atom. The van der Waals surface area contributed by atoms with Crippen LogP contribution in [0.25, 0.3) is 11.1 Å². The number of halogens is 1. The van der Waals surface area contributed by atoms with E-state index in [1.165, 1.54) is 0 Å². The van der Waals surface area contributed by atoms with Crippen LogP contribution in [0.3, 0.4) is 0 Å². The summed E-state index contributed by atoms with van der Waals surface area (Å²) in [6.07, 6.45) is 0. The predicted octanol–water partition coefficient (Wildman–Crippen LogP) is 1.79. The van der Waals surface area contributed by atoms with Crippen molar-refractivity contribution in [3.63, 3.8) is 0 Å². The Bertz CT molecular complexity index is 493. The quantitative estimate of drug-likeness (QED) is 0.495. The maximum absolute atomic E-state index is 6.99. The molecule has 1 aromatic heterocycles. The Morgan fingerprint density at radius 2 is 2.36 bits per heavy atom. The van der Waals surface area contributed by atoms with Crippen molar-refractivity contribution in [2.45, 2.75) is 0 Å². The highest BCUT2D eigenvalue weighted by Gasteiger charge is 2.05. The first-order chi connectivity index (χ1) is 6.65. The first-order valence-corrected chi connectivity index (χ1v) is 4.20. The average molecular weight is 211 g/mol. The van der Waals surface area contributed by atoms with Gasteiger partial charge in [0.25, 0.3) is 0 Å². The van der Waals surface area contributed by atoms with Crippen molar-refractivity contribution >= 4 is 34.7 Å². The van der Waals surface area contributed by atoms with Gasteiger partial charge in [0, 0.05) is 5.02 Å². The molecule has 0 saturated heterocycles. The van der Waals surface area contributed by atoms with E-state index in [0.717, 1.165) is 0 Å². The summed E-state index contributed by atoms with van der Waals surface area (Å²) in [5.74, 6) is -0.220. The SMILES string of the molecule is N=C(N)Nc1nc2cc(Cl)ccc2o1. The van der Waals surface area contributed by atoms with Crippen molar-refractivity contribution in [1.29, 1.82) is 5.41 Å². The lowest BCUT2D eigenvalue weighted by atomic mass is 10.3. The van der Waals surface area contributed by atoms with E-state index in [2.05, 4.69) is 10.3 Å².